The highest BCUT2D eigenvalue weighted by atomic mass is 16.5. The van der Waals surface area contributed by atoms with Gasteiger partial charge in [-0.2, -0.15) is 0 Å². The Hall–Kier alpha value is -1.22. The van der Waals surface area contributed by atoms with Crippen LogP contribution in [0.25, 0.3) is 0 Å². The summed E-state index contributed by atoms with van der Waals surface area (Å²) in [5.41, 5.74) is 0.906. The molecule has 0 fully saturated rings. The summed E-state index contributed by atoms with van der Waals surface area (Å²) in [6, 6.07) is 5.70. The van der Waals surface area contributed by atoms with Gasteiger partial charge in [0.1, 0.15) is 0 Å². The van der Waals surface area contributed by atoms with Crippen LogP contribution in [0.5, 0.6) is 11.5 Å². The molecule has 0 saturated carbocycles. The van der Waals surface area contributed by atoms with E-state index in [-0.39, 0.29) is 0 Å². The second-order valence-electron chi connectivity index (χ2n) is 4.58. The van der Waals surface area contributed by atoms with Crippen LogP contribution in [0.4, 0.5) is 0 Å². The zero-order valence-corrected chi connectivity index (χ0v) is 12.3. The number of unbranched alkanes of at least 4 members (excludes halogenated alkanes) is 2. The molecule has 19 heavy (non-hydrogen) atoms. The Morgan fingerprint density at radius 2 is 1.68 bits per heavy atom. The molecule has 0 saturated heterocycles. The Labute approximate surface area is 116 Å². The average Bonchev–Trinajstić information content (AvgIpc) is 2.41. The summed E-state index contributed by atoms with van der Waals surface area (Å²) >= 11 is 0. The minimum absolute atomic E-state index is 0.415. The quantitative estimate of drug-likeness (QED) is 0.684. The van der Waals surface area contributed by atoms with E-state index in [2.05, 4.69) is 6.92 Å². The first-order valence-corrected chi connectivity index (χ1v) is 7.30. The Morgan fingerprint density at radius 3 is 2.32 bits per heavy atom. The van der Waals surface area contributed by atoms with Crippen molar-refractivity contribution in [3.05, 3.63) is 23.8 Å². The Kier molecular flexibility index (Phi) is 7.34. The molecule has 0 aliphatic carbocycles. The topological polar surface area (TPSA) is 38.7 Å². The van der Waals surface area contributed by atoms with Crippen molar-refractivity contribution in [1.29, 1.82) is 0 Å². The van der Waals surface area contributed by atoms with Crippen LogP contribution in [0.2, 0.25) is 0 Å². The molecular weight excluding hydrogens is 240 g/mol. The first kappa shape index (κ1) is 15.8. The maximum absolute atomic E-state index is 10.2. The van der Waals surface area contributed by atoms with Gasteiger partial charge in [-0.3, -0.25) is 0 Å². The van der Waals surface area contributed by atoms with E-state index in [4.69, 9.17) is 9.47 Å². The number of hydrogen-bond donors (Lipinski definition) is 1. The van der Waals surface area contributed by atoms with Gasteiger partial charge in [0.25, 0.3) is 0 Å². The van der Waals surface area contributed by atoms with E-state index in [1.54, 1.807) is 0 Å². The minimum Gasteiger partial charge on any atom is -0.490 e. The molecule has 0 amide bonds. The highest BCUT2D eigenvalue weighted by Crippen LogP contribution is 2.32. The van der Waals surface area contributed by atoms with Gasteiger partial charge in [0.15, 0.2) is 11.5 Å². The Balaban J connectivity index is 2.75. The van der Waals surface area contributed by atoms with Crippen molar-refractivity contribution in [3.63, 3.8) is 0 Å². The first-order chi connectivity index (χ1) is 9.22. The van der Waals surface area contributed by atoms with E-state index in [0.717, 1.165) is 36.3 Å². The van der Waals surface area contributed by atoms with Gasteiger partial charge in [-0.1, -0.05) is 32.3 Å². The third-order valence-electron chi connectivity index (χ3n) is 3.03. The maximum atomic E-state index is 10.2. The third-order valence-corrected chi connectivity index (χ3v) is 3.03. The van der Waals surface area contributed by atoms with Crippen LogP contribution in [0.15, 0.2) is 18.2 Å². The van der Waals surface area contributed by atoms with E-state index < -0.39 is 6.10 Å². The molecule has 1 unspecified atom stereocenters. The third kappa shape index (κ3) is 5.11. The highest BCUT2D eigenvalue weighted by Gasteiger charge is 2.12. The zero-order valence-electron chi connectivity index (χ0n) is 12.3. The molecule has 108 valence electrons. The fourth-order valence-corrected chi connectivity index (χ4v) is 2.03. The second kappa shape index (κ2) is 8.81. The Morgan fingerprint density at radius 1 is 1.00 bits per heavy atom. The van der Waals surface area contributed by atoms with Gasteiger partial charge in [-0.05, 0) is 38.0 Å². The van der Waals surface area contributed by atoms with Crippen LogP contribution in [0, 0.1) is 0 Å². The summed E-state index contributed by atoms with van der Waals surface area (Å²) in [6.45, 7) is 7.26. The lowest BCUT2D eigenvalue weighted by molar-refractivity contribution is 0.163. The van der Waals surface area contributed by atoms with Gasteiger partial charge in [0, 0.05) is 0 Å². The van der Waals surface area contributed by atoms with E-state index in [1.165, 1.54) is 6.42 Å². The SMILES string of the molecule is CCCCCC(O)c1ccc(OCC)c(OCC)c1. The van der Waals surface area contributed by atoms with Crippen LogP contribution in [0.3, 0.4) is 0 Å². The number of ether oxygens (including phenoxy) is 2. The van der Waals surface area contributed by atoms with Gasteiger partial charge >= 0.3 is 0 Å². The van der Waals surface area contributed by atoms with Crippen molar-refractivity contribution < 1.29 is 14.6 Å². The molecule has 0 bridgehead atoms. The molecule has 0 aromatic heterocycles. The van der Waals surface area contributed by atoms with Crippen molar-refractivity contribution >= 4 is 0 Å². The summed E-state index contributed by atoms with van der Waals surface area (Å²) in [7, 11) is 0. The van der Waals surface area contributed by atoms with Crippen LogP contribution >= 0.6 is 0 Å². The Bertz CT molecular complexity index is 363. The van der Waals surface area contributed by atoms with Crippen molar-refractivity contribution in [3.8, 4) is 11.5 Å². The molecule has 1 aromatic rings. The van der Waals surface area contributed by atoms with E-state index in [1.807, 2.05) is 32.0 Å². The first-order valence-electron chi connectivity index (χ1n) is 7.30. The van der Waals surface area contributed by atoms with Gasteiger partial charge in [-0.15, -0.1) is 0 Å². The number of aliphatic hydroxyl groups is 1. The van der Waals surface area contributed by atoms with Crippen LogP contribution < -0.4 is 9.47 Å². The summed E-state index contributed by atoms with van der Waals surface area (Å²) in [5.74, 6) is 1.46. The van der Waals surface area contributed by atoms with Crippen molar-refractivity contribution in [2.24, 2.45) is 0 Å². The van der Waals surface area contributed by atoms with E-state index in [9.17, 15) is 5.11 Å². The molecule has 0 heterocycles. The molecule has 0 aliphatic rings. The standard InChI is InChI=1S/C16H26O3/c1-4-7-8-9-14(17)13-10-11-15(18-5-2)16(12-13)19-6-3/h10-12,14,17H,4-9H2,1-3H3. The number of benzene rings is 1. The molecule has 3 nitrogen and oxygen atoms in total. The van der Waals surface area contributed by atoms with Crippen molar-refractivity contribution in [2.45, 2.75) is 52.6 Å². The lowest BCUT2D eigenvalue weighted by Gasteiger charge is -2.15. The molecule has 0 radical (unpaired) electrons. The summed E-state index contributed by atoms with van der Waals surface area (Å²) in [6.07, 6.45) is 3.76. The molecule has 1 rings (SSSR count). The molecule has 3 heteroatoms. The molecule has 1 N–H and O–H groups in total. The average molecular weight is 266 g/mol. The fourth-order valence-electron chi connectivity index (χ4n) is 2.03. The van der Waals surface area contributed by atoms with Crippen LogP contribution in [0.1, 0.15) is 58.1 Å². The predicted molar refractivity (Wildman–Crippen MR) is 77.9 cm³/mol. The van der Waals surface area contributed by atoms with Gasteiger partial charge in [-0.25, -0.2) is 0 Å². The summed E-state index contributed by atoms with van der Waals surface area (Å²) < 4.78 is 11.1. The molecule has 0 spiro atoms. The summed E-state index contributed by atoms with van der Waals surface area (Å²) in [4.78, 5) is 0. The second-order valence-corrected chi connectivity index (χ2v) is 4.58. The maximum Gasteiger partial charge on any atom is 0.161 e. The lowest BCUT2D eigenvalue weighted by atomic mass is 10.0. The van der Waals surface area contributed by atoms with Gasteiger partial charge in [0.05, 0.1) is 19.3 Å². The zero-order chi connectivity index (χ0) is 14.1. The fraction of sp³-hybridized carbons (Fsp3) is 0.625. The molecular formula is C16H26O3. The predicted octanol–water partition coefficient (Wildman–Crippen LogP) is 4.10. The van der Waals surface area contributed by atoms with E-state index in [0.29, 0.717) is 13.2 Å². The number of hydrogen-bond acceptors (Lipinski definition) is 3. The van der Waals surface area contributed by atoms with Gasteiger partial charge < -0.3 is 14.6 Å². The molecule has 1 aromatic carbocycles. The van der Waals surface area contributed by atoms with Crippen LogP contribution in [-0.2, 0) is 0 Å². The summed E-state index contributed by atoms with van der Waals surface area (Å²) in [5, 5.41) is 10.2. The van der Waals surface area contributed by atoms with Crippen molar-refractivity contribution in [1.82, 2.24) is 0 Å². The molecule has 0 aliphatic heterocycles. The van der Waals surface area contributed by atoms with Crippen molar-refractivity contribution in [2.75, 3.05) is 13.2 Å². The highest BCUT2D eigenvalue weighted by molar-refractivity contribution is 5.43. The largest absolute Gasteiger partial charge is 0.490 e. The number of rotatable bonds is 9. The normalized spacial score (nSPS) is 12.2. The van der Waals surface area contributed by atoms with Gasteiger partial charge in [0.2, 0.25) is 0 Å². The van der Waals surface area contributed by atoms with E-state index >= 15 is 0 Å². The van der Waals surface area contributed by atoms with Crippen LogP contribution in [-0.4, -0.2) is 18.3 Å². The number of aliphatic hydroxyl groups excluding tert-OH is 1. The minimum atomic E-state index is -0.415. The lowest BCUT2D eigenvalue weighted by Crippen LogP contribution is -2.02. The molecule has 1 atom stereocenters. The smallest absolute Gasteiger partial charge is 0.161 e. The monoisotopic (exact) mass is 266 g/mol.